The summed E-state index contributed by atoms with van der Waals surface area (Å²) >= 11 is 5.85. The van der Waals surface area contributed by atoms with Crippen molar-refractivity contribution in [1.29, 1.82) is 0 Å². The topological polar surface area (TPSA) is 68.1 Å². The fourth-order valence-corrected chi connectivity index (χ4v) is 2.78. The summed E-state index contributed by atoms with van der Waals surface area (Å²) in [7, 11) is 1.78. The van der Waals surface area contributed by atoms with E-state index in [-0.39, 0.29) is 11.2 Å². The van der Waals surface area contributed by atoms with Gasteiger partial charge in [-0.2, -0.15) is 0 Å². The summed E-state index contributed by atoms with van der Waals surface area (Å²) in [4.78, 5) is 25.0. The number of hydrogen-bond acceptors (Lipinski definition) is 2. The molecule has 0 saturated carbocycles. The summed E-state index contributed by atoms with van der Waals surface area (Å²) in [5.41, 5.74) is 2.29. The monoisotopic (exact) mass is 370 g/mol. The minimum atomic E-state index is -0.439. The van der Waals surface area contributed by atoms with E-state index < -0.39 is 6.03 Å². The zero-order valence-corrected chi connectivity index (χ0v) is 15.2. The summed E-state index contributed by atoms with van der Waals surface area (Å²) in [6, 6.07) is 16.0. The van der Waals surface area contributed by atoms with Gasteiger partial charge in [-0.15, -0.1) is 0 Å². The molecular weight excluding hydrogens is 352 g/mol. The Labute approximate surface area is 156 Å². The van der Waals surface area contributed by atoms with E-state index in [1.54, 1.807) is 30.8 Å². The van der Waals surface area contributed by atoms with Crippen LogP contribution in [-0.4, -0.2) is 15.4 Å². The Hall–Kier alpha value is -2.99. The van der Waals surface area contributed by atoms with Gasteiger partial charge in [0.15, 0.2) is 0 Å². The van der Waals surface area contributed by atoms with E-state index >= 15 is 0 Å². The number of amides is 2. The number of nitrogens with zero attached hydrogens (tertiary/aromatic N) is 2. The molecule has 7 heteroatoms. The highest BCUT2D eigenvalue weighted by Gasteiger charge is 2.17. The van der Waals surface area contributed by atoms with E-state index in [0.717, 1.165) is 11.3 Å². The van der Waals surface area contributed by atoms with Crippen molar-refractivity contribution in [2.24, 2.45) is 7.05 Å². The lowest BCUT2D eigenvalue weighted by Gasteiger charge is -2.07. The molecule has 3 aromatic rings. The molecule has 0 unspecified atom stereocenters. The molecule has 0 aliphatic carbocycles. The fourth-order valence-electron chi connectivity index (χ4n) is 2.65. The average Bonchev–Trinajstić information content (AvgIpc) is 2.85. The highest BCUT2D eigenvalue weighted by atomic mass is 35.5. The Balaban J connectivity index is 1.76. The first-order chi connectivity index (χ1) is 12.5. The lowest BCUT2D eigenvalue weighted by atomic mass is 10.2. The van der Waals surface area contributed by atoms with Crippen molar-refractivity contribution in [1.82, 2.24) is 14.7 Å². The van der Waals surface area contributed by atoms with Gasteiger partial charge in [-0.1, -0.05) is 41.9 Å². The number of carbonyl (C=O) groups is 1. The number of halogens is 1. The summed E-state index contributed by atoms with van der Waals surface area (Å²) in [5, 5.41) is 6.04. The van der Waals surface area contributed by atoms with Gasteiger partial charge in [0.1, 0.15) is 5.69 Å². The molecule has 0 saturated heterocycles. The zero-order chi connectivity index (χ0) is 18.7. The molecule has 0 fully saturated rings. The van der Waals surface area contributed by atoms with Crippen molar-refractivity contribution in [2.75, 3.05) is 5.32 Å². The lowest BCUT2D eigenvalue weighted by Crippen LogP contribution is -2.31. The molecule has 0 atom stereocenters. The lowest BCUT2D eigenvalue weighted by molar-refractivity contribution is 0.251. The Kier molecular flexibility index (Phi) is 5.14. The third-order valence-electron chi connectivity index (χ3n) is 4.16. The van der Waals surface area contributed by atoms with Crippen LogP contribution in [0.15, 0.2) is 59.4 Å². The average molecular weight is 371 g/mol. The van der Waals surface area contributed by atoms with Crippen molar-refractivity contribution in [3.8, 4) is 5.69 Å². The number of carbonyl (C=O) groups excluding carboxylic acids is 1. The summed E-state index contributed by atoms with van der Waals surface area (Å²) in [6.07, 6.45) is 0. The number of para-hydroxylation sites is 1. The Morgan fingerprint density at radius 3 is 2.38 bits per heavy atom. The van der Waals surface area contributed by atoms with Gasteiger partial charge in [-0.25, -0.2) is 9.48 Å². The van der Waals surface area contributed by atoms with E-state index in [4.69, 9.17) is 11.6 Å². The van der Waals surface area contributed by atoms with Crippen LogP contribution in [-0.2, 0) is 13.6 Å². The third-order valence-corrected chi connectivity index (χ3v) is 4.41. The number of nitrogens with one attached hydrogen (secondary N) is 2. The van der Waals surface area contributed by atoms with Gasteiger partial charge < -0.3 is 10.6 Å². The minimum absolute atomic E-state index is 0.255. The van der Waals surface area contributed by atoms with Crippen LogP contribution in [0, 0.1) is 6.92 Å². The van der Waals surface area contributed by atoms with Gasteiger partial charge >= 0.3 is 6.03 Å². The fraction of sp³-hybridized carbons (Fsp3) is 0.158. The standard InChI is InChI=1S/C19H19ClN4O2/c1-13-17(18(25)24(23(13)2)16-6-4-3-5-7-16)22-19(26)21-12-14-8-10-15(20)11-9-14/h3-11H,12H2,1-2H3,(H2,21,22,26). The van der Waals surface area contributed by atoms with Crippen molar-refractivity contribution in [3.05, 3.63) is 81.2 Å². The number of urea groups is 1. The number of rotatable bonds is 4. The summed E-state index contributed by atoms with van der Waals surface area (Å²) in [6.45, 7) is 2.12. The third kappa shape index (κ3) is 3.65. The summed E-state index contributed by atoms with van der Waals surface area (Å²) in [5.74, 6) is 0. The van der Waals surface area contributed by atoms with E-state index in [2.05, 4.69) is 10.6 Å². The Morgan fingerprint density at radius 2 is 1.73 bits per heavy atom. The van der Waals surface area contributed by atoms with Crippen LogP contribution in [0.4, 0.5) is 10.5 Å². The quantitative estimate of drug-likeness (QED) is 0.738. The van der Waals surface area contributed by atoms with Crippen LogP contribution in [0.1, 0.15) is 11.3 Å². The van der Waals surface area contributed by atoms with E-state index in [1.165, 1.54) is 4.68 Å². The van der Waals surface area contributed by atoms with Crippen molar-refractivity contribution < 1.29 is 4.79 Å². The predicted octanol–water partition coefficient (Wildman–Crippen LogP) is 3.46. The number of benzene rings is 2. The second kappa shape index (κ2) is 7.49. The van der Waals surface area contributed by atoms with Gasteiger partial charge in [0, 0.05) is 18.6 Å². The van der Waals surface area contributed by atoms with Gasteiger partial charge in [0.2, 0.25) is 0 Å². The maximum Gasteiger partial charge on any atom is 0.319 e. The van der Waals surface area contributed by atoms with Gasteiger partial charge in [0.25, 0.3) is 5.56 Å². The Morgan fingerprint density at radius 1 is 1.08 bits per heavy atom. The molecule has 26 heavy (non-hydrogen) atoms. The van der Waals surface area contributed by atoms with Gasteiger partial charge in [-0.05, 0) is 36.8 Å². The number of anilines is 1. The van der Waals surface area contributed by atoms with Crippen LogP contribution < -0.4 is 16.2 Å². The molecular formula is C19H19ClN4O2. The molecule has 134 valence electrons. The highest BCUT2D eigenvalue weighted by Crippen LogP contribution is 2.14. The normalized spacial score (nSPS) is 10.6. The smallest absolute Gasteiger partial charge is 0.319 e. The van der Waals surface area contributed by atoms with Crippen LogP contribution in [0.25, 0.3) is 5.69 Å². The second-order valence-corrected chi connectivity index (χ2v) is 6.31. The van der Waals surface area contributed by atoms with Crippen LogP contribution in [0.2, 0.25) is 5.02 Å². The molecule has 3 rings (SSSR count). The molecule has 2 aromatic carbocycles. The maximum atomic E-state index is 12.7. The summed E-state index contributed by atoms with van der Waals surface area (Å²) < 4.78 is 3.23. The maximum absolute atomic E-state index is 12.7. The predicted molar refractivity (Wildman–Crippen MR) is 103 cm³/mol. The molecule has 6 nitrogen and oxygen atoms in total. The molecule has 1 heterocycles. The molecule has 0 aliphatic rings. The molecule has 1 aromatic heterocycles. The van der Waals surface area contributed by atoms with Gasteiger partial charge in [-0.3, -0.25) is 9.48 Å². The molecule has 2 N–H and O–H groups in total. The number of hydrogen-bond donors (Lipinski definition) is 2. The largest absolute Gasteiger partial charge is 0.334 e. The molecule has 0 aliphatic heterocycles. The first-order valence-electron chi connectivity index (χ1n) is 8.10. The molecule has 0 bridgehead atoms. The van der Waals surface area contributed by atoms with Crippen molar-refractivity contribution >= 4 is 23.3 Å². The first kappa shape index (κ1) is 17.8. The highest BCUT2D eigenvalue weighted by molar-refractivity contribution is 6.30. The zero-order valence-electron chi connectivity index (χ0n) is 14.5. The molecule has 0 radical (unpaired) electrons. The van der Waals surface area contributed by atoms with E-state index in [9.17, 15) is 9.59 Å². The van der Waals surface area contributed by atoms with Crippen molar-refractivity contribution in [3.63, 3.8) is 0 Å². The molecule has 0 spiro atoms. The SMILES string of the molecule is Cc1c(NC(=O)NCc2ccc(Cl)cc2)c(=O)n(-c2ccccc2)n1C. The Bertz CT molecular complexity index is 975. The van der Waals surface area contributed by atoms with Crippen molar-refractivity contribution in [2.45, 2.75) is 13.5 Å². The van der Waals surface area contributed by atoms with Crippen LogP contribution in [0.5, 0.6) is 0 Å². The first-order valence-corrected chi connectivity index (χ1v) is 8.48. The molecule has 2 amide bonds. The minimum Gasteiger partial charge on any atom is -0.334 e. The van der Waals surface area contributed by atoms with Gasteiger partial charge in [0.05, 0.1) is 11.4 Å². The van der Waals surface area contributed by atoms with E-state index in [0.29, 0.717) is 17.3 Å². The second-order valence-electron chi connectivity index (χ2n) is 5.87. The van der Waals surface area contributed by atoms with Crippen LogP contribution >= 0.6 is 11.6 Å². The number of aromatic nitrogens is 2. The van der Waals surface area contributed by atoms with E-state index in [1.807, 2.05) is 42.5 Å². The van der Waals surface area contributed by atoms with Crippen LogP contribution in [0.3, 0.4) is 0 Å².